The van der Waals surface area contributed by atoms with Crippen molar-refractivity contribution in [1.29, 1.82) is 0 Å². The lowest BCUT2D eigenvalue weighted by atomic mass is 10.2. The zero-order chi connectivity index (χ0) is 12.3. The highest BCUT2D eigenvalue weighted by Gasteiger charge is 2.18. The second-order valence-corrected chi connectivity index (χ2v) is 5.65. The Labute approximate surface area is 104 Å². The molecule has 1 aliphatic heterocycles. The lowest BCUT2D eigenvalue weighted by Gasteiger charge is -2.29. The highest BCUT2D eigenvalue weighted by molar-refractivity contribution is 7.85. The van der Waals surface area contributed by atoms with Crippen molar-refractivity contribution in [3.05, 3.63) is 18.2 Å². The lowest BCUT2D eigenvalue weighted by Crippen LogP contribution is -2.38. The molecule has 94 valence electrons. The lowest BCUT2D eigenvalue weighted by molar-refractivity contribution is 0.342. The summed E-state index contributed by atoms with van der Waals surface area (Å²) < 4.78 is 16.8. The number of nitrogen functional groups attached to an aromatic ring is 1. The van der Waals surface area contributed by atoms with Gasteiger partial charge in [0, 0.05) is 35.4 Å². The normalized spacial score (nSPS) is 17.1. The van der Waals surface area contributed by atoms with E-state index in [4.69, 9.17) is 10.5 Å². The Morgan fingerprint density at radius 3 is 2.76 bits per heavy atom. The van der Waals surface area contributed by atoms with E-state index in [1.54, 1.807) is 0 Å². The summed E-state index contributed by atoms with van der Waals surface area (Å²) in [6.45, 7) is 4.15. The minimum atomic E-state index is -0.664. The zero-order valence-corrected chi connectivity index (χ0v) is 10.8. The van der Waals surface area contributed by atoms with Crippen LogP contribution >= 0.6 is 0 Å². The van der Waals surface area contributed by atoms with E-state index in [0.29, 0.717) is 12.3 Å². The van der Waals surface area contributed by atoms with Gasteiger partial charge >= 0.3 is 0 Å². The first-order chi connectivity index (χ1) is 8.22. The summed E-state index contributed by atoms with van der Waals surface area (Å²) in [5.41, 5.74) is 7.77. The van der Waals surface area contributed by atoms with Crippen molar-refractivity contribution in [2.24, 2.45) is 0 Å². The van der Waals surface area contributed by atoms with Gasteiger partial charge in [0.1, 0.15) is 5.75 Å². The summed E-state index contributed by atoms with van der Waals surface area (Å²) in [6.07, 6.45) is 0. The summed E-state index contributed by atoms with van der Waals surface area (Å²) in [6, 6.07) is 5.82. The molecule has 4 nitrogen and oxygen atoms in total. The first kappa shape index (κ1) is 12.2. The second-order valence-electron chi connectivity index (χ2n) is 3.96. The number of nitrogens with zero attached hydrogens (tertiary/aromatic N) is 1. The van der Waals surface area contributed by atoms with Crippen molar-refractivity contribution in [3.63, 3.8) is 0 Å². The predicted octanol–water partition coefficient (Wildman–Crippen LogP) is 1.24. The van der Waals surface area contributed by atoms with Crippen LogP contribution in [0.1, 0.15) is 6.92 Å². The van der Waals surface area contributed by atoms with Crippen LogP contribution in [0.3, 0.4) is 0 Å². The number of anilines is 2. The van der Waals surface area contributed by atoms with E-state index in [1.165, 1.54) is 0 Å². The molecule has 1 aliphatic rings. The van der Waals surface area contributed by atoms with Gasteiger partial charge in [0.2, 0.25) is 0 Å². The van der Waals surface area contributed by atoms with Crippen molar-refractivity contribution in [3.8, 4) is 5.75 Å². The smallest absolute Gasteiger partial charge is 0.144 e. The van der Waals surface area contributed by atoms with E-state index in [0.717, 1.165) is 36.0 Å². The van der Waals surface area contributed by atoms with Crippen molar-refractivity contribution < 1.29 is 8.95 Å². The molecule has 1 aromatic carbocycles. The van der Waals surface area contributed by atoms with Gasteiger partial charge in [-0.25, -0.2) is 0 Å². The summed E-state index contributed by atoms with van der Waals surface area (Å²) in [7, 11) is -0.664. The van der Waals surface area contributed by atoms with E-state index in [1.807, 2.05) is 25.1 Å². The maximum Gasteiger partial charge on any atom is 0.144 e. The van der Waals surface area contributed by atoms with Crippen LogP contribution in [0.5, 0.6) is 5.75 Å². The maximum atomic E-state index is 11.3. The predicted molar refractivity (Wildman–Crippen MR) is 72.1 cm³/mol. The standard InChI is InChI=1S/C12H18N2O2S/c1-2-16-11-5-3-4-10(12(11)13)14-6-8-17(15)9-7-14/h3-5H,2,6-9,13H2,1H3. The van der Waals surface area contributed by atoms with Gasteiger partial charge in [-0.2, -0.15) is 0 Å². The number of nitrogens with two attached hydrogens (primary N) is 1. The molecule has 0 saturated carbocycles. The van der Waals surface area contributed by atoms with Gasteiger partial charge in [-0.3, -0.25) is 4.21 Å². The molecular weight excluding hydrogens is 236 g/mol. The molecule has 0 bridgehead atoms. The van der Waals surface area contributed by atoms with Crippen LogP contribution in [0.4, 0.5) is 11.4 Å². The Hall–Kier alpha value is -1.23. The fourth-order valence-electron chi connectivity index (χ4n) is 1.97. The summed E-state index contributed by atoms with van der Waals surface area (Å²) >= 11 is 0. The third-order valence-corrected chi connectivity index (χ3v) is 4.14. The molecule has 1 fully saturated rings. The molecule has 1 aromatic rings. The third-order valence-electron chi connectivity index (χ3n) is 2.86. The van der Waals surface area contributed by atoms with Crippen LogP contribution in [0.2, 0.25) is 0 Å². The van der Waals surface area contributed by atoms with Crippen LogP contribution in [-0.4, -0.2) is 35.4 Å². The molecule has 0 radical (unpaired) electrons. The number of benzene rings is 1. The van der Waals surface area contributed by atoms with Crippen molar-refractivity contribution in [1.82, 2.24) is 0 Å². The number of hydrogen-bond acceptors (Lipinski definition) is 4. The molecule has 2 rings (SSSR count). The van der Waals surface area contributed by atoms with E-state index >= 15 is 0 Å². The van der Waals surface area contributed by atoms with Crippen LogP contribution in [0, 0.1) is 0 Å². The van der Waals surface area contributed by atoms with Crippen LogP contribution in [0.25, 0.3) is 0 Å². The molecule has 1 heterocycles. The first-order valence-electron chi connectivity index (χ1n) is 5.83. The Morgan fingerprint density at radius 2 is 2.12 bits per heavy atom. The number of rotatable bonds is 3. The van der Waals surface area contributed by atoms with Gasteiger partial charge in [0.05, 0.1) is 18.0 Å². The molecule has 0 spiro atoms. The average molecular weight is 254 g/mol. The van der Waals surface area contributed by atoms with Gasteiger partial charge in [-0.15, -0.1) is 0 Å². The second kappa shape index (κ2) is 5.40. The minimum Gasteiger partial charge on any atom is -0.492 e. The van der Waals surface area contributed by atoms with E-state index in [9.17, 15) is 4.21 Å². The van der Waals surface area contributed by atoms with Crippen molar-refractivity contribution in [2.45, 2.75) is 6.92 Å². The van der Waals surface area contributed by atoms with Gasteiger partial charge < -0.3 is 15.4 Å². The largest absolute Gasteiger partial charge is 0.492 e. The molecule has 0 aromatic heterocycles. The van der Waals surface area contributed by atoms with E-state index in [2.05, 4.69) is 4.90 Å². The van der Waals surface area contributed by atoms with Crippen LogP contribution < -0.4 is 15.4 Å². The van der Waals surface area contributed by atoms with Crippen molar-refractivity contribution >= 4 is 22.2 Å². The number of ether oxygens (including phenoxy) is 1. The summed E-state index contributed by atoms with van der Waals surface area (Å²) in [5.74, 6) is 2.17. The molecule has 17 heavy (non-hydrogen) atoms. The molecule has 0 atom stereocenters. The Balaban J connectivity index is 2.20. The fourth-order valence-corrected chi connectivity index (χ4v) is 3.02. The highest BCUT2D eigenvalue weighted by atomic mass is 32.2. The monoisotopic (exact) mass is 254 g/mol. The first-order valence-corrected chi connectivity index (χ1v) is 7.32. The van der Waals surface area contributed by atoms with Gasteiger partial charge in [-0.1, -0.05) is 6.07 Å². The Kier molecular flexibility index (Phi) is 3.89. The van der Waals surface area contributed by atoms with Crippen LogP contribution in [0.15, 0.2) is 18.2 Å². The van der Waals surface area contributed by atoms with E-state index < -0.39 is 10.8 Å². The van der Waals surface area contributed by atoms with Gasteiger partial charge in [0.15, 0.2) is 0 Å². The van der Waals surface area contributed by atoms with Crippen LogP contribution in [-0.2, 0) is 10.8 Å². The summed E-state index contributed by atoms with van der Waals surface area (Å²) in [4.78, 5) is 2.18. The molecule has 1 saturated heterocycles. The zero-order valence-electron chi connectivity index (χ0n) is 10.0. The van der Waals surface area contributed by atoms with Crippen molar-refractivity contribution in [2.75, 3.05) is 41.8 Å². The molecule has 0 unspecified atom stereocenters. The number of hydrogen-bond donors (Lipinski definition) is 1. The SMILES string of the molecule is CCOc1cccc(N2CCS(=O)CC2)c1N. The topological polar surface area (TPSA) is 55.6 Å². The average Bonchev–Trinajstić information content (AvgIpc) is 2.34. The van der Waals surface area contributed by atoms with E-state index in [-0.39, 0.29) is 0 Å². The Morgan fingerprint density at radius 1 is 1.41 bits per heavy atom. The Bertz CT molecular complexity index is 413. The quantitative estimate of drug-likeness (QED) is 0.824. The fraction of sp³-hybridized carbons (Fsp3) is 0.500. The molecule has 0 aliphatic carbocycles. The summed E-state index contributed by atoms with van der Waals surface area (Å²) in [5, 5.41) is 0. The molecule has 5 heteroatoms. The minimum absolute atomic E-state index is 0.609. The molecule has 0 amide bonds. The molecule has 2 N–H and O–H groups in total. The maximum absolute atomic E-state index is 11.3. The van der Waals surface area contributed by atoms with Gasteiger partial charge in [0.25, 0.3) is 0 Å². The third kappa shape index (κ3) is 2.72. The molecular formula is C12H18N2O2S. The highest BCUT2D eigenvalue weighted by Crippen LogP contribution is 2.32. The number of para-hydroxylation sites is 1. The van der Waals surface area contributed by atoms with Gasteiger partial charge in [-0.05, 0) is 19.1 Å².